The Bertz CT molecular complexity index is 843. The van der Waals surface area contributed by atoms with E-state index in [2.05, 4.69) is 43.5 Å². The van der Waals surface area contributed by atoms with Crippen LogP contribution >= 0.6 is 0 Å². The van der Waals surface area contributed by atoms with Gasteiger partial charge in [0.2, 0.25) is 5.91 Å². The molecule has 0 bridgehead atoms. The highest BCUT2D eigenvalue weighted by atomic mass is 16.5. The van der Waals surface area contributed by atoms with Gasteiger partial charge < -0.3 is 20.3 Å². The molecule has 0 aromatic carbocycles. The Labute approximate surface area is 335 Å². The number of aliphatic hydroxyl groups is 2. The monoisotopic (exact) mass is 762 g/mol. The lowest BCUT2D eigenvalue weighted by Gasteiger charge is -2.22. The summed E-state index contributed by atoms with van der Waals surface area (Å²) in [5.74, 6) is -0.0958. The highest BCUT2D eigenvalue weighted by Crippen LogP contribution is 2.15. The number of hydrogen-bond donors (Lipinski definition) is 3. The molecule has 0 aliphatic heterocycles. The molecule has 0 aromatic heterocycles. The first-order valence-corrected chi connectivity index (χ1v) is 23.6. The van der Waals surface area contributed by atoms with Crippen molar-refractivity contribution < 1.29 is 24.5 Å². The van der Waals surface area contributed by atoms with E-state index in [1.807, 2.05) is 0 Å². The summed E-state index contributed by atoms with van der Waals surface area (Å²) in [5.41, 5.74) is 0. The first kappa shape index (κ1) is 52.3. The van der Waals surface area contributed by atoms with Crippen molar-refractivity contribution >= 4 is 11.9 Å². The summed E-state index contributed by atoms with van der Waals surface area (Å²) in [4.78, 5) is 24.4. The molecular weight excluding hydrogens is 671 g/mol. The largest absolute Gasteiger partial charge is 0.466 e. The van der Waals surface area contributed by atoms with Crippen molar-refractivity contribution in [1.29, 1.82) is 0 Å². The molecule has 0 fully saturated rings. The average molecular weight is 762 g/mol. The Morgan fingerprint density at radius 3 is 1.44 bits per heavy atom. The molecule has 0 aromatic rings. The van der Waals surface area contributed by atoms with Gasteiger partial charge in [-0.1, -0.05) is 199 Å². The first-order valence-electron chi connectivity index (χ1n) is 23.6. The van der Waals surface area contributed by atoms with Crippen molar-refractivity contribution in [2.75, 3.05) is 13.2 Å². The SMILES string of the molecule is CCCCC/C=C\C/C=C\CCCCCCCCCCCC(=O)OCCCCCCCCCCCC(=O)NC(CO)C(O)CCCCCCCCCCC. The fraction of sp³-hybridized carbons (Fsp3) is 0.875. The van der Waals surface area contributed by atoms with Crippen LogP contribution in [-0.4, -0.2) is 47.4 Å². The zero-order chi connectivity index (χ0) is 39.4. The highest BCUT2D eigenvalue weighted by Gasteiger charge is 2.20. The number of rotatable bonds is 43. The van der Waals surface area contributed by atoms with Crippen molar-refractivity contribution in [3.8, 4) is 0 Å². The molecule has 54 heavy (non-hydrogen) atoms. The minimum absolute atomic E-state index is 0.0297. The van der Waals surface area contributed by atoms with Crippen LogP contribution in [0.2, 0.25) is 0 Å². The van der Waals surface area contributed by atoms with Crippen LogP contribution in [0.4, 0.5) is 0 Å². The second-order valence-electron chi connectivity index (χ2n) is 16.1. The summed E-state index contributed by atoms with van der Waals surface area (Å²) in [6.07, 6.45) is 50.0. The molecule has 0 saturated heterocycles. The summed E-state index contributed by atoms with van der Waals surface area (Å²) < 4.78 is 5.45. The third-order valence-electron chi connectivity index (χ3n) is 10.8. The van der Waals surface area contributed by atoms with Gasteiger partial charge in [0.05, 0.1) is 25.4 Å². The van der Waals surface area contributed by atoms with Crippen LogP contribution in [-0.2, 0) is 14.3 Å². The molecule has 3 N–H and O–H groups in total. The van der Waals surface area contributed by atoms with Crippen LogP contribution in [0, 0.1) is 0 Å². The molecule has 0 rings (SSSR count). The Balaban J connectivity index is 3.46. The molecule has 0 saturated carbocycles. The molecule has 2 atom stereocenters. The summed E-state index contributed by atoms with van der Waals surface area (Å²) in [5, 5.41) is 23.0. The number of nitrogens with one attached hydrogen (secondary N) is 1. The number of allylic oxidation sites excluding steroid dienone is 4. The van der Waals surface area contributed by atoms with Gasteiger partial charge in [-0.3, -0.25) is 9.59 Å². The number of carbonyl (C=O) groups is 2. The van der Waals surface area contributed by atoms with E-state index in [-0.39, 0.29) is 18.5 Å². The van der Waals surface area contributed by atoms with Crippen LogP contribution in [0.15, 0.2) is 24.3 Å². The van der Waals surface area contributed by atoms with Crippen molar-refractivity contribution in [3.63, 3.8) is 0 Å². The Kier molecular flexibility index (Phi) is 42.7. The molecule has 0 spiro atoms. The number of carbonyl (C=O) groups excluding carboxylic acids is 2. The maximum Gasteiger partial charge on any atom is 0.305 e. The Morgan fingerprint density at radius 1 is 0.519 bits per heavy atom. The van der Waals surface area contributed by atoms with Gasteiger partial charge in [0, 0.05) is 12.8 Å². The zero-order valence-corrected chi connectivity index (χ0v) is 36.0. The summed E-state index contributed by atoms with van der Waals surface area (Å²) in [7, 11) is 0. The van der Waals surface area contributed by atoms with Gasteiger partial charge in [-0.05, 0) is 57.8 Å². The van der Waals surface area contributed by atoms with Crippen molar-refractivity contribution in [3.05, 3.63) is 24.3 Å². The van der Waals surface area contributed by atoms with Crippen LogP contribution in [0.1, 0.15) is 245 Å². The van der Waals surface area contributed by atoms with Crippen LogP contribution in [0.5, 0.6) is 0 Å². The van der Waals surface area contributed by atoms with Crippen LogP contribution < -0.4 is 5.32 Å². The van der Waals surface area contributed by atoms with E-state index < -0.39 is 12.1 Å². The number of unbranched alkanes of at least 4 members (excludes halogenated alkanes) is 28. The van der Waals surface area contributed by atoms with Crippen LogP contribution in [0.25, 0.3) is 0 Å². The van der Waals surface area contributed by atoms with Gasteiger partial charge >= 0.3 is 5.97 Å². The number of hydrogen-bond acceptors (Lipinski definition) is 5. The number of amides is 1. The fourth-order valence-corrected chi connectivity index (χ4v) is 7.08. The van der Waals surface area contributed by atoms with E-state index >= 15 is 0 Å². The third kappa shape index (κ3) is 40.0. The van der Waals surface area contributed by atoms with Gasteiger partial charge in [-0.15, -0.1) is 0 Å². The maximum atomic E-state index is 12.4. The second-order valence-corrected chi connectivity index (χ2v) is 16.1. The smallest absolute Gasteiger partial charge is 0.305 e. The Hall–Kier alpha value is -1.66. The predicted octanol–water partition coefficient (Wildman–Crippen LogP) is 13.6. The van der Waals surface area contributed by atoms with E-state index in [4.69, 9.17) is 4.74 Å². The predicted molar refractivity (Wildman–Crippen MR) is 232 cm³/mol. The van der Waals surface area contributed by atoms with Crippen molar-refractivity contribution in [1.82, 2.24) is 5.32 Å². The molecule has 2 unspecified atom stereocenters. The fourth-order valence-electron chi connectivity index (χ4n) is 7.08. The molecule has 6 nitrogen and oxygen atoms in total. The average Bonchev–Trinajstić information content (AvgIpc) is 3.17. The molecule has 1 amide bonds. The van der Waals surface area contributed by atoms with Gasteiger partial charge in [-0.25, -0.2) is 0 Å². The van der Waals surface area contributed by atoms with Crippen molar-refractivity contribution in [2.24, 2.45) is 0 Å². The molecular formula is C48H91NO5. The topological polar surface area (TPSA) is 95.9 Å². The molecule has 0 aliphatic rings. The summed E-state index contributed by atoms with van der Waals surface area (Å²) in [6, 6.07) is -0.559. The lowest BCUT2D eigenvalue weighted by molar-refractivity contribution is -0.143. The van der Waals surface area contributed by atoms with Gasteiger partial charge in [0.15, 0.2) is 0 Å². The highest BCUT2D eigenvalue weighted by molar-refractivity contribution is 5.76. The Morgan fingerprint density at radius 2 is 0.926 bits per heavy atom. The molecule has 0 aliphatic carbocycles. The van der Waals surface area contributed by atoms with Crippen LogP contribution in [0.3, 0.4) is 0 Å². The minimum atomic E-state index is -0.679. The minimum Gasteiger partial charge on any atom is -0.466 e. The lowest BCUT2D eigenvalue weighted by atomic mass is 10.0. The summed E-state index contributed by atoms with van der Waals surface area (Å²) >= 11 is 0. The van der Waals surface area contributed by atoms with Gasteiger partial charge in [0.25, 0.3) is 0 Å². The van der Waals surface area contributed by atoms with E-state index in [1.165, 1.54) is 148 Å². The van der Waals surface area contributed by atoms with E-state index in [1.54, 1.807) is 0 Å². The molecule has 318 valence electrons. The number of esters is 1. The third-order valence-corrected chi connectivity index (χ3v) is 10.8. The molecule has 0 heterocycles. The quantitative estimate of drug-likeness (QED) is 0.0327. The van der Waals surface area contributed by atoms with Gasteiger partial charge in [-0.2, -0.15) is 0 Å². The van der Waals surface area contributed by atoms with E-state index in [0.29, 0.717) is 25.9 Å². The number of ether oxygens (including phenoxy) is 1. The zero-order valence-electron chi connectivity index (χ0n) is 36.0. The number of aliphatic hydroxyl groups excluding tert-OH is 2. The standard InChI is InChI=1S/C48H91NO5/c1-3-5-7-9-11-13-14-15-16-17-18-19-20-21-22-26-30-34-38-42-48(53)54-43-39-35-31-27-23-25-29-33-37-41-47(52)49-45(44-50)46(51)40-36-32-28-24-12-10-8-6-4-2/h11,13,15-16,45-46,50-51H,3-10,12,14,17-44H2,1-2H3,(H,49,52)/b13-11-,16-15-. The van der Waals surface area contributed by atoms with E-state index in [9.17, 15) is 19.8 Å². The normalized spacial score (nSPS) is 12.9. The van der Waals surface area contributed by atoms with Crippen molar-refractivity contribution in [2.45, 2.75) is 257 Å². The summed E-state index contributed by atoms with van der Waals surface area (Å²) in [6.45, 7) is 4.83. The molecule has 6 heteroatoms. The van der Waals surface area contributed by atoms with E-state index in [0.717, 1.165) is 64.2 Å². The molecule has 0 radical (unpaired) electrons. The lowest BCUT2D eigenvalue weighted by Crippen LogP contribution is -2.45. The van der Waals surface area contributed by atoms with Gasteiger partial charge in [0.1, 0.15) is 0 Å². The second kappa shape index (κ2) is 44.1. The maximum absolute atomic E-state index is 12.4. The first-order chi connectivity index (χ1) is 26.5.